The number of benzene rings is 2. The highest BCUT2D eigenvalue weighted by molar-refractivity contribution is 6.22. The summed E-state index contributed by atoms with van der Waals surface area (Å²) >= 11 is 0. The van der Waals surface area contributed by atoms with E-state index in [2.05, 4.69) is 61.7 Å². The molecule has 6 heteroatoms. The van der Waals surface area contributed by atoms with E-state index in [1.54, 1.807) is 6.08 Å². The molecule has 1 aliphatic rings. The van der Waals surface area contributed by atoms with E-state index in [0.717, 1.165) is 30.2 Å². The van der Waals surface area contributed by atoms with Crippen LogP contribution >= 0.6 is 0 Å². The molecule has 0 amide bonds. The molecular weight excluding hydrogens is 424 g/mol. The second-order valence-corrected chi connectivity index (χ2v) is 8.90. The van der Waals surface area contributed by atoms with E-state index in [9.17, 15) is 9.90 Å². The minimum absolute atomic E-state index is 0.136. The van der Waals surface area contributed by atoms with E-state index in [4.69, 9.17) is 0 Å². The number of carbonyl (C=O) groups is 1. The van der Waals surface area contributed by atoms with E-state index in [-0.39, 0.29) is 11.5 Å². The molecule has 2 aromatic carbocycles. The molecule has 0 radical (unpaired) electrons. The molecule has 0 aliphatic heterocycles. The lowest BCUT2D eigenvalue weighted by atomic mass is 10.1. The Labute approximate surface area is 203 Å². The Kier molecular flexibility index (Phi) is 8.16. The molecule has 0 fully saturated rings. The van der Waals surface area contributed by atoms with E-state index in [1.807, 2.05) is 48.5 Å². The van der Waals surface area contributed by atoms with Gasteiger partial charge >= 0.3 is 0 Å². The van der Waals surface area contributed by atoms with Crippen molar-refractivity contribution in [3.8, 4) is 0 Å². The molecule has 0 saturated carbocycles. The van der Waals surface area contributed by atoms with Crippen molar-refractivity contribution >= 4 is 34.2 Å². The maximum atomic E-state index is 12.5. The van der Waals surface area contributed by atoms with E-state index in [0.29, 0.717) is 29.2 Å². The summed E-state index contributed by atoms with van der Waals surface area (Å²) in [4.78, 5) is 21.7. The number of hydrogen-bond acceptors (Lipinski definition) is 6. The molecule has 0 unspecified atom stereocenters. The van der Waals surface area contributed by atoms with E-state index >= 15 is 0 Å². The van der Waals surface area contributed by atoms with Crippen molar-refractivity contribution in [2.75, 3.05) is 28.2 Å². The van der Waals surface area contributed by atoms with Crippen LogP contribution in [-0.2, 0) is 4.79 Å². The molecule has 1 aliphatic carbocycles. The molecule has 6 nitrogen and oxygen atoms in total. The van der Waals surface area contributed by atoms with Gasteiger partial charge in [-0.1, -0.05) is 0 Å². The fraction of sp³-hybridized carbons (Fsp3) is 0.357. The number of nitrogens with zero attached hydrogens (tertiary/aromatic N) is 3. The van der Waals surface area contributed by atoms with Crippen LogP contribution in [0.2, 0.25) is 0 Å². The number of aliphatic hydroxyl groups is 1. The number of allylic oxidation sites excluding steroid dienone is 2. The van der Waals surface area contributed by atoms with Gasteiger partial charge in [0.25, 0.3) is 0 Å². The van der Waals surface area contributed by atoms with Crippen LogP contribution in [0.15, 0.2) is 77.1 Å². The van der Waals surface area contributed by atoms with Crippen molar-refractivity contribution in [3.63, 3.8) is 0 Å². The second kappa shape index (κ2) is 11.1. The Hall–Kier alpha value is -3.54. The Bertz CT molecular complexity index is 1080. The number of anilines is 3. The van der Waals surface area contributed by atoms with Crippen molar-refractivity contribution in [1.82, 2.24) is 0 Å². The summed E-state index contributed by atoms with van der Waals surface area (Å²) < 4.78 is 0. The Morgan fingerprint density at radius 2 is 1.32 bits per heavy atom. The summed E-state index contributed by atoms with van der Waals surface area (Å²) in [5.41, 5.74) is 4.49. The molecule has 0 saturated heterocycles. The summed E-state index contributed by atoms with van der Waals surface area (Å²) in [6, 6.07) is 16.7. The summed E-state index contributed by atoms with van der Waals surface area (Å²) in [7, 11) is 0. The van der Waals surface area contributed by atoms with Gasteiger partial charge in [-0.3, -0.25) is 4.79 Å². The molecule has 0 spiro atoms. The van der Waals surface area contributed by atoms with Crippen molar-refractivity contribution in [2.45, 2.75) is 53.6 Å². The van der Waals surface area contributed by atoms with Crippen molar-refractivity contribution in [2.24, 2.45) is 4.99 Å². The zero-order valence-corrected chi connectivity index (χ0v) is 21.0. The van der Waals surface area contributed by atoms with E-state index < -0.39 is 0 Å². The fourth-order valence-electron chi connectivity index (χ4n) is 4.19. The third-order valence-corrected chi connectivity index (χ3v) is 5.91. The van der Waals surface area contributed by atoms with Gasteiger partial charge in [0.2, 0.25) is 5.78 Å². The minimum atomic E-state index is -0.288. The molecule has 2 N–H and O–H groups in total. The van der Waals surface area contributed by atoms with Crippen LogP contribution in [0.4, 0.5) is 22.7 Å². The zero-order chi connectivity index (χ0) is 24.8. The lowest BCUT2D eigenvalue weighted by Gasteiger charge is -2.27. The predicted octanol–water partition coefficient (Wildman–Crippen LogP) is 6.25. The number of aliphatic hydroxyl groups excluding tert-OH is 1. The third kappa shape index (κ3) is 5.87. The number of aliphatic imine (C=N–C) groups is 1. The van der Waals surface area contributed by atoms with Gasteiger partial charge in [-0.25, -0.2) is 4.99 Å². The van der Waals surface area contributed by atoms with Gasteiger partial charge in [-0.05, 0) is 96.1 Å². The molecule has 0 bridgehead atoms. The summed E-state index contributed by atoms with van der Waals surface area (Å²) in [5, 5.41) is 13.5. The Morgan fingerprint density at radius 3 is 1.79 bits per heavy atom. The smallest absolute Gasteiger partial charge is 0.205 e. The number of nitrogens with one attached hydrogen (secondary N) is 1. The lowest BCUT2D eigenvalue weighted by molar-refractivity contribution is -0.111. The maximum absolute atomic E-state index is 12.5. The first-order valence-electron chi connectivity index (χ1n) is 12.0. The van der Waals surface area contributed by atoms with Crippen molar-refractivity contribution < 1.29 is 9.90 Å². The van der Waals surface area contributed by atoms with Crippen LogP contribution < -0.4 is 15.1 Å². The van der Waals surface area contributed by atoms with Gasteiger partial charge < -0.3 is 20.2 Å². The number of hydrogen-bond donors (Lipinski definition) is 2. The summed E-state index contributed by atoms with van der Waals surface area (Å²) in [6.45, 7) is 14.8. The van der Waals surface area contributed by atoms with Crippen LogP contribution in [0.3, 0.4) is 0 Å². The van der Waals surface area contributed by atoms with Gasteiger partial charge in [-0.15, -0.1) is 0 Å². The maximum Gasteiger partial charge on any atom is 0.205 e. The van der Waals surface area contributed by atoms with Gasteiger partial charge in [0.15, 0.2) is 0 Å². The molecule has 34 heavy (non-hydrogen) atoms. The number of rotatable bonds is 9. The van der Waals surface area contributed by atoms with Gasteiger partial charge in [0.05, 0.1) is 11.4 Å². The summed E-state index contributed by atoms with van der Waals surface area (Å²) in [6.07, 6.45) is 2.80. The van der Waals surface area contributed by atoms with Crippen molar-refractivity contribution in [3.05, 3.63) is 72.1 Å². The Morgan fingerprint density at radius 1 is 0.824 bits per heavy atom. The lowest BCUT2D eigenvalue weighted by Crippen LogP contribution is -2.30. The first-order chi connectivity index (χ1) is 16.2. The van der Waals surface area contributed by atoms with Gasteiger partial charge in [0, 0.05) is 48.3 Å². The van der Waals surface area contributed by atoms with Crippen LogP contribution in [0.25, 0.3) is 0 Å². The quantitative estimate of drug-likeness (QED) is 0.433. The molecule has 0 aromatic heterocycles. The number of carbonyl (C=O) groups excluding carboxylic acids is 1. The molecule has 3 rings (SSSR count). The van der Waals surface area contributed by atoms with Gasteiger partial charge in [0.1, 0.15) is 11.5 Å². The third-order valence-electron chi connectivity index (χ3n) is 5.91. The topological polar surface area (TPSA) is 68.2 Å². The van der Waals surface area contributed by atoms with Crippen LogP contribution in [0.5, 0.6) is 0 Å². The normalized spacial score (nSPS) is 14.9. The predicted molar refractivity (Wildman–Crippen MR) is 144 cm³/mol. The standard InChI is InChI=1S/C28H36N4O2/c1-7-31(19(3)4)23-13-9-21(10-14-23)29-25-17-26(28(34)18-27(25)33)30-22-11-15-24(16-12-22)32(8-2)20(5)6/h9-20,29,34H,7-8H2,1-6H3/b30-26+. The fourth-order valence-corrected chi connectivity index (χ4v) is 4.19. The zero-order valence-electron chi connectivity index (χ0n) is 21.0. The average molecular weight is 461 g/mol. The van der Waals surface area contributed by atoms with Crippen LogP contribution in [0, 0.1) is 0 Å². The first-order valence-corrected chi connectivity index (χ1v) is 12.0. The highest BCUT2D eigenvalue weighted by Crippen LogP contribution is 2.25. The highest BCUT2D eigenvalue weighted by Gasteiger charge is 2.19. The molecular formula is C28H36N4O2. The number of ketones is 1. The summed E-state index contributed by atoms with van der Waals surface area (Å²) in [5.74, 6) is -0.424. The first kappa shape index (κ1) is 25.1. The molecule has 0 atom stereocenters. The van der Waals surface area contributed by atoms with Crippen LogP contribution in [-0.4, -0.2) is 41.8 Å². The molecule has 2 aromatic rings. The van der Waals surface area contributed by atoms with Gasteiger partial charge in [-0.2, -0.15) is 0 Å². The Balaban J connectivity index is 1.80. The SMILES string of the molecule is CCN(c1ccc(/N=C2\C=C(Nc3ccc(N(CC)C(C)C)cc3)C(=O)C=C2O)cc1)C(C)C. The highest BCUT2D eigenvalue weighted by atomic mass is 16.3. The van der Waals surface area contributed by atoms with E-state index in [1.165, 1.54) is 6.08 Å². The van der Waals surface area contributed by atoms with Crippen LogP contribution in [0.1, 0.15) is 41.5 Å². The average Bonchev–Trinajstić information content (AvgIpc) is 2.79. The monoisotopic (exact) mass is 460 g/mol. The second-order valence-electron chi connectivity index (χ2n) is 8.90. The molecule has 0 heterocycles. The largest absolute Gasteiger partial charge is 0.506 e. The molecule has 180 valence electrons. The minimum Gasteiger partial charge on any atom is -0.506 e. The van der Waals surface area contributed by atoms with Crippen molar-refractivity contribution in [1.29, 1.82) is 0 Å².